The Balaban J connectivity index is 1.28. The second-order valence-corrected chi connectivity index (χ2v) is 12.8. The van der Waals surface area contributed by atoms with E-state index in [1.807, 2.05) is 0 Å². The normalized spacial score (nSPS) is 13.6. The minimum Gasteiger partial charge on any atom is -0.160 e. The molecule has 5 aromatic rings. The molecule has 0 amide bonds. The van der Waals surface area contributed by atoms with Crippen molar-refractivity contribution in [3.63, 3.8) is 0 Å². The topological polar surface area (TPSA) is 8.91 Å². The number of benzene rings is 5. The monoisotopic (exact) mass is 642 g/mol. The predicted molar refractivity (Wildman–Crippen MR) is 211 cm³/mol. The molecule has 238 valence electrons. The molecule has 5 aromatic carbocycles. The quantitative estimate of drug-likeness (QED) is 0.126. The Labute approximate surface area is 293 Å². The van der Waals surface area contributed by atoms with Gasteiger partial charge in [-0.25, -0.2) is 0 Å². The summed E-state index contributed by atoms with van der Waals surface area (Å²) in [5.41, 5.74) is 13.8. The summed E-state index contributed by atoms with van der Waals surface area (Å²) < 4.78 is 4.64. The largest absolute Gasteiger partial charge is 0.225 e. The second-order valence-electron chi connectivity index (χ2n) is 12.8. The van der Waals surface area contributed by atoms with E-state index in [9.17, 15) is 0 Å². The minimum absolute atomic E-state index is 0.947. The third-order valence-corrected chi connectivity index (χ3v) is 9.56. The second kappa shape index (κ2) is 13.3. The van der Waals surface area contributed by atoms with Crippen molar-refractivity contribution in [3.05, 3.63) is 211 Å². The summed E-state index contributed by atoms with van der Waals surface area (Å²) in [6.45, 7) is 8.76. The lowest BCUT2D eigenvalue weighted by molar-refractivity contribution is -0.457. The molecule has 3 heterocycles. The molecule has 0 bridgehead atoms. The molecule has 2 heteroatoms. The first-order valence-corrected chi connectivity index (χ1v) is 17.2. The van der Waals surface area contributed by atoms with E-state index in [4.69, 9.17) is 0 Å². The van der Waals surface area contributed by atoms with Crippen LogP contribution in [-0.2, 0) is 0 Å². The van der Waals surface area contributed by atoms with Gasteiger partial charge >= 0.3 is 0 Å². The maximum Gasteiger partial charge on any atom is 0.225 e. The SMILES string of the molecule is C=C1C=CC=C[N+](c2cccc(-c3ccccc3)c2)=C1/C=C(\C=C/C)c1ccc2c(c1)c1cccc(C)c3cc(-c4ccccc4)ccc3[n+]2=1. The van der Waals surface area contributed by atoms with Crippen LogP contribution < -0.4 is 4.24 Å². The Morgan fingerprint density at radius 3 is 2.06 bits per heavy atom. The van der Waals surface area contributed by atoms with Gasteiger partial charge in [-0.2, -0.15) is 8.82 Å². The van der Waals surface area contributed by atoms with Crippen LogP contribution in [0.2, 0.25) is 0 Å². The first kappa shape index (κ1) is 30.9. The van der Waals surface area contributed by atoms with Crippen molar-refractivity contribution in [1.82, 2.24) is 0 Å². The summed E-state index contributed by atoms with van der Waals surface area (Å²) in [7, 11) is 0. The Morgan fingerprint density at radius 1 is 0.620 bits per heavy atom. The number of hydrogen-bond donors (Lipinski definition) is 0. The molecule has 0 aliphatic carbocycles. The van der Waals surface area contributed by atoms with Gasteiger partial charge in [-0.3, -0.25) is 0 Å². The van der Waals surface area contributed by atoms with Crippen LogP contribution in [-0.4, -0.2) is 10.3 Å². The van der Waals surface area contributed by atoms with E-state index in [2.05, 4.69) is 211 Å². The van der Waals surface area contributed by atoms with Crippen LogP contribution in [0.1, 0.15) is 18.1 Å². The minimum atomic E-state index is 0.947. The zero-order valence-corrected chi connectivity index (χ0v) is 28.4. The standard InChI is InChI=1S/C48H38N2/c1-4-15-38(33-48-35(3)16-11-12-29-49(48)42-23-14-22-39(30-42)36-18-7-5-8-19-36)41-26-28-47-44(32-41)45-24-13-17-34(2)43-31-40(25-27-46(43)50(45)47)37-20-9-6-10-21-37/h4-33H,3H2,1-2H3/q+2/b15-4-,17-13?,24-13?,34-17?,38-33+,43-34?,45-24?,50-46?. The molecule has 0 saturated carbocycles. The van der Waals surface area contributed by atoms with E-state index in [-0.39, 0.29) is 0 Å². The van der Waals surface area contributed by atoms with Crippen molar-refractivity contribution < 1.29 is 8.82 Å². The maximum absolute atomic E-state index is 4.49. The molecule has 0 fully saturated rings. The number of hydrogen-bond acceptors (Lipinski definition) is 0. The van der Waals surface area contributed by atoms with Gasteiger partial charge in [0.2, 0.25) is 27.8 Å². The predicted octanol–water partition coefficient (Wildman–Crippen LogP) is 11.5. The van der Waals surface area contributed by atoms with Gasteiger partial charge in [0, 0.05) is 48.1 Å². The van der Waals surface area contributed by atoms with Crippen molar-refractivity contribution in [2.75, 3.05) is 0 Å². The van der Waals surface area contributed by atoms with Crippen LogP contribution in [0.3, 0.4) is 0 Å². The maximum atomic E-state index is 4.49. The van der Waals surface area contributed by atoms with Crippen molar-refractivity contribution in [2.24, 2.45) is 0 Å². The third kappa shape index (κ3) is 5.71. The first-order valence-electron chi connectivity index (χ1n) is 17.2. The lowest BCUT2D eigenvalue weighted by Crippen LogP contribution is -2.25. The summed E-state index contributed by atoms with van der Waals surface area (Å²) in [6, 6.07) is 50.2. The molecule has 8 rings (SSSR count). The highest BCUT2D eigenvalue weighted by Crippen LogP contribution is 2.30. The number of nitrogens with zero attached hydrogens (tertiary/aromatic N) is 2. The number of aryl methyl sites for hydroxylation is 1. The van der Waals surface area contributed by atoms with E-state index >= 15 is 0 Å². The van der Waals surface area contributed by atoms with Gasteiger partial charge < -0.3 is 0 Å². The summed E-state index contributed by atoms with van der Waals surface area (Å²) in [5.74, 6) is 0. The van der Waals surface area contributed by atoms with Crippen LogP contribution in [0.4, 0.5) is 5.69 Å². The number of rotatable bonds is 6. The van der Waals surface area contributed by atoms with Gasteiger partial charge in [0.25, 0.3) is 0 Å². The number of aromatic nitrogens is 1. The van der Waals surface area contributed by atoms with Gasteiger partial charge in [0.15, 0.2) is 6.20 Å². The summed E-state index contributed by atoms with van der Waals surface area (Å²) in [5, 5.41) is 3.70. The number of fused-ring (bicyclic) bond motifs is 5. The molecule has 3 aliphatic heterocycles. The van der Waals surface area contributed by atoms with Crippen LogP contribution in [0, 0.1) is 12.3 Å². The van der Waals surface area contributed by atoms with Crippen molar-refractivity contribution in [3.8, 4) is 22.3 Å². The van der Waals surface area contributed by atoms with Crippen LogP contribution >= 0.6 is 0 Å². The van der Waals surface area contributed by atoms with E-state index < -0.39 is 0 Å². The molecule has 0 spiro atoms. The summed E-state index contributed by atoms with van der Waals surface area (Å²) in [4.78, 5) is 0. The van der Waals surface area contributed by atoms with Crippen molar-refractivity contribution in [1.29, 1.82) is 0 Å². The smallest absolute Gasteiger partial charge is 0.160 e. The highest BCUT2D eigenvalue weighted by atomic mass is 15.0. The fourth-order valence-corrected chi connectivity index (χ4v) is 7.00. The molecule has 0 saturated heterocycles. The van der Waals surface area contributed by atoms with Gasteiger partial charge in [-0.1, -0.05) is 110 Å². The van der Waals surface area contributed by atoms with E-state index in [0.717, 1.165) is 28.1 Å². The zero-order valence-electron chi connectivity index (χ0n) is 28.4. The molecular weight excluding hydrogens is 605 g/mol. The van der Waals surface area contributed by atoms with E-state index in [1.54, 1.807) is 0 Å². The molecule has 0 unspecified atom stereocenters. The van der Waals surface area contributed by atoms with Gasteiger partial charge in [0.05, 0.1) is 5.39 Å². The first-order chi connectivity index (χ1) is 24.6. The Morgan fingerprint density at radius 2 is 1.30 bits per heavy atom. The average molecular weight is 643 g/mol. The number of allylic oxidation sites excluding steroid dienone is 8. The van der Waals surface area contributed by atoms with Gasteiger partial charge in [0.1, 0.15) is 5.39 Å². The van der Waals surface area contributed by atoms with Crippen LogP contribution in [0.15, 0.2) is 194 Å². The van der Waals surface area contributed by atoms with Gasteiger partial charge in [-0.15, -0.1) is 0 Å². The highest BCUT2D eigenvalue weighted by molar-refractivity contribution is 6.12. The Kier molecular flexibility index (Phi) is 8.20. The molecule has 3 aliphatic rings. The third-order valence-electron chi connectivity index (χ3n) is 9.56. The fourth-order valence-electron chi connectivity index (χ4n) is 7.00. The van der Waals surface area contributed by atoms with Crippen molar-refractivity contribution in [2.45, 2.75) is 13.8 Å². The van der Waals surface area contributed by atoms with Crippen molar-refractivity contribution >= 4 is 38.8 Å². The molecule has 0 N–H and O–H groups in total. The summed E-state index contributed by atoms with van der Waals surface area (Å²) >= 11 is 0. The lowest BCUT2D eigenvalue weighted by Gasteiger charge is -2.09. The Hall–Kier alpha value is -6.38. The van der Waals surface area contributed by atoms with Crippen LogP contribution in [0.25, 0.3) is 49.6 Å². The van der Waals surface area contributed by atoms with Crippen LogP contribution in [0.5, 0.6) is 0 Å². The molecule has 0 aromatic heterocycles. The lowest BCUT2D eigenvalue weighted by atomic mass is 9.97. The average Bonchev–Trinajstić information content (AvgIpc) is 3.34. The van der Waals surface area contributed by atoms with E-state index in [1.165, 1.54) is 55.0 Å². The fraction of sp³-hybridized carbons (Fsp3) is 0.0417. The van der Waals surface area contributed by atoms with E-state index in [0.29, 0.717) is 0 Å². The summed E-state index contributed by atoms with van der Waals surface area (Å²) in [6.07, 6.45) is 14.9. The molecule has 50 heavy (non-hydrogen) atoms. The Bertz CT molecular complexity index is 2650. The highest BCUT2D eigenvalue weighted by Gasteiger charge is 2.22. The molecule has 0 radical (unpaired) electrons. The molecule has 0 atom stereocenters. The molecular formula is C48H38N2+2. The zero-order chi connectivity index (χ0) is 34.0. The van der Waals surface area contributed by atoms with Gasteiger partial charge in [-0.05, 0) is 83.1 Å². The molecule has 2 nitrogen and oxygen atoms in total.